The Kier molecular flexibility index (Phi) is 5.05. The molecular weight excluding hydrogens is 264 g/mol. The van der Waals surface area contributed by atoms with Crippen LogP contribution < -0.4 is 5.73 Å². The molecule has 0 saturated carbocycles. The summed E-state index contributed by atoms with van der Waals surface area (Å²) in [6.07, 6.45) is 1.68. The second-order valence-corrected chi connectivity index (χ2v) is 5.28. The highest BCUT2D eigenvalue weighted by molar-refractivity contribution is 6.30. The number of amides is 1. The van der Waals surface area contributed by atoms with E-state index in [2.05, 4.69) is 0 Å². The third-order valence-electron chi connectivity index (χ3n) is 3.48. The van der Waals surface area contributed by atoms with Gasteiger partial charge in [-0.15, -0.1) is 0 Å². The quantitative estimate of drug-likeness (QED) is 0.927. The van der Waals surface area contributed by atoms with Crippen LogP contribution in [0.5, 0.6) is 0 Å². The van der Waals surface area contributed by atoms with Crippen molar-refractivity contribution in [1.82, 2.24) is 4.90 Å². The summed E-state index contributed by atoms with van der Waals surface area (Å²) in [7, 11) is 0. The predicted molar refractivity (Wildman–Crippen MR) is 75.0 cm³/mol. The monoisotopic (exact) mass is 282 g/mol. The largest absolute Gasteiger partial charge is 0.445 e. The first-order valence-electron chi connectivity index (χ1n) is 6.55. The van der Waals surface area contributed by atoms with Crippen molar-refractivity contribution >= 4 is 17.7 Å². The first-order valence-corrected chi connectivity index (χ1v) is 6.93. The number of hydrogen-bond donors (Lipinski definition) is 1. The number of likely N-dealkylation sites (tertiary alicyclic amines) is 1. The maximum Gasteiger partial charge on any atom is 0.410 e. The highest BCUT2D eigenvalue weighted by Crippen LogP contribution is 2.17. The number of ether oxygens (including phenoxy) is 1. The number of rotatable bonds is 3. The zero-order chi connectivity index (χ0) is 13.7. The first kappa shape index (κ1) is 14.2. The van der Waals surface area contributed by atoms with Gasteiger partial charge in [0.25, 0.3) is 0 Å². The smallest absolute Gasteiger partial charge is 0.410 e. The molecule has 1 aromatic rings. The van der Waals surface area contributed by atoms with E-state index in [1.807, 2.05) is 12.1 Å². The second-order valence-electron chi connectivity index (χ2n) is 4.85. The van der Waals surface area contributed by atoms with Crippen LogP contribution in [0.15, 0.2) is 24.3 Å². The molecule has 1 fully saturated rings. The summed E-state index contributed by atoms with van der Waals surface area (Å²) >= 11 is 5.80. The molecule has 0 aliphatic carbocycles. The number of hydrogen-bond acceptors (Lipinski definition) is 3. The molecule has 1 aliphatic heterocycles. The Labute approximate surface area is 118 Å². The van der Waals surface area contributed by atoms with Crippen molar-refractivity contribution in [2.24, 2.45) is 11.7 Å². The molecule has 1 saturated heterocycles. The Morgan fingerprint density at radius 1 is 1.32 bits per heavy atom. The number of piperidine rings is 1. The Morgan fingerprint density at radius 3 is 2.53 bits per heavy atom. The molecule has 19 heavy (non-hydrogen) atoms. The summed E-state index contributed by atoms with van der Waals surface area (Å²) in [5.74, 6) is 0.542. The fourth-order valence-electron chi connectivity index (χ4n) is 2.17. The maximum atomic E-state index is 11.9. The highest BCUT2D eigenvalue weighted by Gasteiger charge is 2.22. The molecule has 1 heterocycles. The van der Waals surface area contributed by atoms with Crippen molar-refractivity contribution < 1.29 is 9.53 Å². The fraction of sp³-hybridized carbons (Fsp3) is 0.500. The van der Waals surface area contributed by atoms with Gasteiger partial charge in [-0.05, 0) is 43.0 Å². The van der Waals surface area contributed by atoms with E-state index in [-0.39, 0.29) is 12.7 Å². The summed E-state index contributed by atoms with van der Waals surface area (Å²) in [6.45, 7) is 2.46. The molecule has 4 nitrogen and oxygen atoms in total. The topological polar surface area (TPSA) is 55.6 Å². The van der Waals surface area contributed by atoms with Crippen LogP contribution in [0.1, 0.15) is 18.4 Å². The van der Waals surface area contributed by atoms with E-state index >= 15 is 0 Å². The van der Waals surface area contributed by atoms with Crippen molar-refractivity contribution in [3.8, 4) is 0 Å². The zero-order valence-electron chi connectivity index (χ0n) is 10.8. The molecule has 5 heteroatoms. The predicted octanol–water partition coefficient (Wildman–Crippen LogP) is 2.65. The van der Waals surface area contributed by atoms with Crippen LogP contribution in [0.2, 0.25) is 5.02 Å². The lowest BCUT2D eigenvalue weighted by atomic mass is 9.97. The van der Waals surface area contributed by atoms with Gasteiger partial charge in [-0.25, -0.2) is 4.79 Å². The maximum absolute atomic E-state index is 11.9. The second kappa shape index (κ2) is 6.78. The molecule has 0 spiro atoms. The van der Waals surface area contributed by atoms with Gasteiger partial charge in [0.15, 0.2) is 0 Å². The van der Waals surface area contributed by atoms with E-state index in [9.17, 15) is 4.79 Å². The van der Waals surface area contributed by atoms with Crippen molar-refractivity contribution in [2.75, 3.05) is 19.6 Å². The van der Waals surface area contributed by atoms with Gasteiger partial charge < -0.3 is 15.4 Å². The van der Waals surface area contributed by atoms with Crippen molar-refractivity contribution in [2.45, 2.75) is 19.4 Å². The van der Waals surface area contributed by atoms with Crippen molar-refractivity contribution in [3.05, 3.63) is 34.9 Å². The Bertz CT molecular complexity index is 414. The van der Waals surface area contributed by atoms with Gasteiger partial charge in [0.05, 0.1) is 0 Å². The molecule has 104 valence electrons. The van der Waals surface area contributed by atoms with Crippen LogP contribution in [0.4, 0.5) is 4.79 Å². The number of benzene rings is 1. The van der Waals surface area contributed by atoms with Gasteiger partial charge in [0.2, 0.25) is 0 Å². The van der Waals surface area contributed by atoms with Crippen molar-refractivity contribution in [3.63, 3.8) is 0 Å². The highest BCUT2D eigenvalue weighted by atomic mass is 35.5. The zero-order valence-corrected chi connectivity index (χ0v) is 11.6. The number of halogens is 1. The molecule has 1 amide bonds. The van der Waals surface area contributed by atoms with Gasteiger partial charge >= 0.3 is 6.09 Å². The van der Waals surface area contributed by atoms with Crippen LogP contribution >= 0.6 is 11.6 Å². The normalized spacial score (nSPS) is 16.4. The van der Waals surface area contributed by atoms with Gasteiger partial charge in [0.1, 0.15) is 6.61 Å². The summed E-state index contributed by atoms with van der Waals surface area (Å²) in [5.41, 5.74) is 6.57. The van der Waals surface area contributed by atoms with E-state index in [1.54, 1.807) is 17.0 Å². The molecule has 0 bridgehead atoms. The summed E-state index contributed by atoms with van der Waals surface area (Å²) in [4.78, 5) is 13.6. The molecule has 2 N–H and O–H groups in total. The van der Waals surface area contributed by atoms with Gasteiger partial charge in [-0.3, -0.25) is 0 Å². The minimum absolute atomic E-state index is 0.245. The molecule has 2 rings (SSSR count). The standard InChI is InChI=1S/C14H19ClN2O2/c15-13-3-1-12(2-4-13)10-19-14(18)17-7-5-11(9-16)6-8-17/h1-4,11H,5-10,16H2. The van der Waals surface area contributed by atoms with Crippen LogP contribution in [-0.2, 0) is 11.3 Å². The van der Waals surface area contributed by atoms with E-state index in [1.165, 1.54) is 0 Å². The lowest BCUT2D eigenvalue weighted by molar-refractivity contribution is 0.0829. The average molecular weight is 283 g/mol. The Morgan fingerprint density at radius 2 is 1.95 bits per heavy atom. The van der Waals surface area contributed by atoms with Crippen LogP contribution in [-0.4, -0.2) is 30.6 Å². The van der Waals surface area contributed by atoms with Gasteiger partial charge in [0, 0.05) is 18.1 Å². The molecule has 1 aromatic carbocycles. The van der Waals surface area contributed by atoms with Crippen LogP contribution in [0, 0.1) is 5.92 Å². The van der Waals surface area contributed by atoms with E-state index < -0.39 is 0 Å². The minimum atomic E-state index is -0.245. The Hall–Kier alpha value is -1.26. The molecule has 1 aliphatic rings. The number of nitrogens with zero attached hydrogens (tertiary/aromatic N) is 1. The summed E-state index contributed by atoms with van der Waals surface area (Å²) in [5, 5.41) is 0.680. The summed E-state index contributed by atoms with van der Waals surface area (Å²) < 4.78 is 5.29. The van der Waals surface area contributed by atoms with Gasteiger partial charge in [-0.2, -0.15) is 0 Å². The van der Waals surface area contributed by atoms with E-state index in [0.29, 0.717) is 17.5 Å². The number of carbonyl (C=O) groups is 1. The SMILES string of the molecule is NCC1CCN(C(=O)OCc2ccc(Cl)cc2)CC1. The lowest BCUT2D eigenvalue weighted by Crippen LogP contribution is -2.40. The van der Waals surface area contributed by atoms with Crippen LogP contribution in [0.3, 0.4) is 0 Å². The number of carbonyl (C=O) groups excluding carboxylic acids is 1. The van der Waals surface area contributed by atoms with E-state index in [4.69, 9.17) is 22.1 Å². The molecule has 0 aromatic heterocycles. The van der Waals surface area contributed by atoms with E-state index in [0.717, 1.165) is 31.5 Å². The molecule has 0 radical (unpaired) electrons. The molecule has 0 atom stereocenters. The molecule has 0 unspecified atom stereocenters. The lowest BCUT2D eigenvalue weighted by Gasteiger charge is -2.30. The average Bonchev–Trinajstić information content (AvgIpc) is 2.46. The third-order valence-corrected chi connectivity index (χ3v) is 3.73. The van der Waals surface area contributed by atoms with Gasteiger partial charge in [-0.1, -0.05) is 23.7 Å². The first-order chi connectivity index (χ1) is 9.19. The fourth-order valence-corrected chi connectivity index (χ4v) is 2.29. The minimum Gasteiger partial charge on any atom is -0.445 e. The third kappa shape index (κ3) is 4.11. The molecular formula is C14H19ClN2O2. The Balaban J connectivity index is 1.77. The summed E-state index contributed by atoms with van der Waals surface area (Å²) in [6, 6.07) is 7.29. The van der Waals surface area contributed by atoms with Crippen molar-refractivity contribution in [1.29, 1.82) is 0 Å². The number of nitrogens with two attached hydrogens (primary N) is 1. The van der Waals surface area contributed by atoms with Crippen LogP contribution in [0.25, 0.3) is 0 Å².